The van der Waals surface area contributed by atoms with E-state index in [9.17, 15) is 14.3 Å². The van der Waals surface area contributed by atoms with Crippen molar-refractivity contribution in [3.8, 4) is 6.07 Å². The Kier molecular flexibility index (Phi) is 6.64. The molecule has 2 heterocycles. The smallest absolute Gasteiger partial charge is 0.224 e. The minimum atomic E-state index is -0.677. The van der Waals surface area contributed by atoms with E-state index in [1.54, 1.807) is 6.20 Å². The van der Waals surface area contributed by atoms with Crippen LogP contribution in [0.2, 0.25) is 5.02 Å². The number of carbonyl (C=O) groups excluding carboxylic acids is 1. The number of nitriles is 1. The van der Waals surface area contributed by atoms with E-state index in [1.165, 1.54) is 6.07 Å². The normalized spacial score (nSPS) is 23.9. The van der Waals surface area contributed by atoms with Crippen LogP contribution < -0.4 is 16.4 Å². The lowest BCUT2D eigenvalue weighted by Gasteiger charge is -2.29. The second-order valence-electron chi connectivity index (χ2n) is 9.48. The summed E-state index contributed by atoms with van der Waals surface area (Å²) >= 11 is 6.29. The molecule has 5 rings (SSSR count). The van der Waals surface area contributed by atoms with Gasteiger partial charge in [0.25, 0.3) is 0 Å². The highest BCUT2D eigenvalue weighted by molar-refractivity contribution is 6.33. The van der Waals surface area contributed by atoms with Gasteiger partial charge in [0.15, 0.2) is 5.65 Å². The Morgan fingerprint density at radius 3 is 2.64 bits per heavy atom. The van der Waals surface area contributed by atoms with Gasteiger partial charge in [0.1, 0.15) is 11.3 Å². The van der Waals surface area contributed by atoms with Gasteiger partial charge in [-0.15, -0.1) is 0 Å². The number of imidazole rings is 1. The largest absolute Gasteiger partial charge is 0.393 e. The van der Waals surface area contributed by atoms with Crippen LogP contribution in [0.15, 0.2) is 18.3 Å². The Hall–Kier alpha value is -3.49. The summed E-state index contributed by atoms with van der Waals surface area (Å²) in [7, 11) is 0. The Balaban J connectivity index is 1.53. The summed E-state index contributed by atoms with van der Waals surface area (Å²) < 4.78 is 16.7. The summed E-state index contributed by atoms with van der Waals surface area (Å²) in [6, 6.07) is 4.39. The van der Waals surface area contributed by atoms with E-state index in [-0.39, 0.29) is 46.3 Å². The number of amides is 1. The highest BCUT2D eigenvalue weighted by Gasteiger charge is 2.30. The molecule has 3 aromatic rings. The minimum absolute atomic E-state index is 0.00398. The number of hydrogen-bond donors (Lipinski definition) is 4. The first-order valence-electron chi connectivity index (χ1n) is 12.0. The zero-order valence-corrected chi connectivity index (χ0v) is 20.2. The molecule has 2 aliphatic carbocycles. The summed E-state index contributed by atoms with van der Waals surface area (Å²) in [4.78, 5) is 25.4. The third-order valence-corrected chi connectivity index (χ3v) is 7.34. The number of benzene rings is 1. The van der Waals surface area contributed by atoms with Crippen LogP contribution in [0.5, 0.6) is 0 Å². The maximum Gasteiger partial charge on any atom is 0.224 e. The van der Waals surface area contributed by atoms with Gasteiger partial charge in [-0.05, 0) is 57.1 Å². The predicted molar refractivity (Wildman–Crippen MR) is 132 cm³/mol. The lowest BCUT2D eigenvalue weighted by molar-refractivity contribution is -0.122. The van der Waals surface area contributed by atoms with Gasteiger partial charge in [-0.1, -0.05) is 11.6 Å². The van der Waals surface area contributed by atoms with E-state index in [4.69, 9.17) is 27.6 Å². The van der Waals surface area contributed by atoms with Crippen LogP contribution in [0.25, 0.3) is 11.2 Å². The summed E-state index contributed by atoms with van der Waals surface area (Å²) in [6.07, 6.45) is 6.03. The van der Waals surface area contributed by atoms with E-state index in [0.717, 1.165) is 18.9 Å². The fraction of sp³-hybridized carbons (Fsp3) is 0.458. The molecule has 0 unspecified atom stereocenters. The maximum atomic E-state index is 14.8. The monoisotopic (exact) mass is 512 g/mol. The Labute approximate surface area is 211 Å². The van der Waals surface area contributed by atoms with E-state index >= 15 is 0 Å². The van der Waals surface area contributed by atoms with Crippen molar-refractivity contribution in [2.45, 2.75) is 63.1 Å². The third-order valence-electron chi connectivity index (χ3n) is 7.04. The topological polar surface area (TPSA) is 155 Å². The maximum absolute atomic E-state index is 14.8. The average molecular weight is 513 g/mol. The predicted octanol–water partition coefficient (Wildman–Crippen LogP) is 3.78. The van der Waals surface area contributed by atoms with Gasteiger partial charge < -0.3 is 21.5 Å². The second-order valence-corrected chi connectivity index (χ2v) is 9.88. The number of carbonyl (C=O) groups is 1. The number of rotatable bonds is 6. The number of aliphatic hydroxyl groups excluding tert-OH is 1. The van der Waals surface area contributed by atoms with Crippen LogP contribution in [0.4, 0.5) is 22.0 Å². The molecule has 2 saturated carbocycles. The standard InChI is InChI=1S/C24H26ClFN8O2/c25-17-7-12(10-27)8-18(26)20(17)32-24-31-19-11-29-23(30-14-3-6-16(35)9-14)33-22(19)34(24)15-4-1-13(2-5-15)21(28)36/h7-8,11,13-16,35H,1-6,9H2,(H2,28,36)(H,31,32)(H,29,30,33)/t13?,14-,15?,16-/m1/s1. The number of nitrogens with one attached hydrogen (secondary N) is 2. The zero-order valence-electron chi connectivity index (χ0n) is 19.4. The van der Waals surface area contributed by atoms with Gasteiger partial charge in [0, 0.05) is 18.0 Å². The molecule has 10 nitrogen and oxygen atoms in total. The van der Waals surface area contributed by atoms with Gasteiger partial charge in [0.2, 0.25) is 17.8 Å². The van der Waals surface area contributed by atoms with Crippen molar-refractivity contribution >= 4 is 46.3 Å². The van der Waals surface area contributed by atoms with Crippen LogP contribution in [-0.2, 0) is 4.79 Å². The zero-order chi connectivity index (χ0) is 25.4. The van der Waals surface area contributed by atoms with Crippen molar-refractivity contribution in [1.29, 1.82) is 5.26 Å². The molecule has 1 amide bonds. The Morgan fingerprint density at radius 1 is 1.22 bits per heavy atom. The molecule has 0 aliphatic heterocycles. The number of hydrogen-bond acceptors (Lipinski definition) is 8. The van der Waals surface area contributed by atoms with Crippen LogP contribution in [0, 0.1) is 23.1 Å². The number of nitrogens with zero attached hydrogens (tertiary/aromatic N) is 5. The average Bonchev–Trinajstić information content (AvgIpc) is 3.43. The Morgan fingerprint density at radius 2 is 2.00 bits per heavy atom. The van der Waals surface area contributed by atoms with E-state index in [1.807, 2.05) is 10.6 Å². The molecule has 0 saturated heterocycles. The molecule has 1 aromatic carbocycles. The van der Waals surface area contributed by atoms with Crippen molar-refractivity contribution in [3.63, 3.8) is 0 Å². The molecule has 2 fully saturated rings. The van der Waals surface area contributed by atoms with E-state index in [0.29, 0.717) is 55.2 Å². The minimum Gasteiger partial charge on any atom is -0.393 e. The first kappa shape index (κ1) is 24.2. The first-order valence-corrected chi connectivity index (χ1v) is 12.3. The summed E-state index contributed by atoms with van der Waals surface area (Å²) in [5, 5.41) is 25.3. The van der Waals surface area contributed by atoms with Gasteiger partial charge in [-0.3, -0.25) is 9.36 Å². The molecule has 12 heteroatoms. The van der Waals surface area contributed by atoms with Crippen molar-refractivity contribution in [2.75, 3.05) is 10.6 Å². The van der Waals surface area contributed by atoms with Gasteiger partial charge >= 0.3 is 0 Å². The summed E-state index contributed by atoms with van der Waals surface area (Å²) in [6.45, 7) is 0. The van der Waals surface area contributed by atoms with Gasteiger partial charge in [-0.25, -0.2) is 14.4 Å². The van der Waals surface area contributed by atoms with Crippen LogP contribution in [0.1, 0.15) is 56.6 Å². The van der Waals surface area contributed by atoms with Crippen LogP contribution >= 0.6 is 11.6 Å². The molecular formula is C24H26ClFN8O2. The second kappa shape index (κ2) is 9.87. The molecular weight excluding hydrogens is 487 g/mol. The number of fused-ring (bicyclic) bond motifs is 1. The van der Waals surface area contributed by atoms with Crippen molar-refractivity contribution in [2.24, 2.45) is 11.7 Å². The van der Waals surface area contributed by atoms with Gasteiger partial charge in [-0.2, -0.15) is 10.2 Å². The van der Waals surface area contributed by atoms with Crippen molar-refractivity contribution < 1.29 is 14.3 Å². The van der Waals surface area contributed by atoms with Gasteiger partial charge in [0.05, 0.1) is 34.6 Å². The highest BCUT2D eigenvalue weighted by atomic mass is 35.5. The number of halogens is 2. The first-order chi connectivity index (χ1) is 17.3. The van der Waals surface area contributed by atoms with Crippen LogP contribution in [-0.4, -0.2) is 42.7 Å². The molecule has 36 heavy (non-hydrogen) atoms. The molecule has 5 N–H and O–H groups in total. The molecule has 2 aliphatic rings. The van der Waals surface area contributed by atoms with Crippen LogP contribution in [0.3, 0.4) is 0 Å². The number of aromatic nitrogens is 4. The fourth-order valence-electron chi connectivity index (χ4n) is 5.15. The molecule has 0 spiro atoms. The molecule has 0 radical (unpaired) electrons. The van der Waals surface area contributed by atoms with Crippen molar-refractivity contribution in [1.82, 2.24) is 19.5 Å². The summed E-state index contributed by atoms with van der Waals surface area (Å²) in [5.74, 6) is -0.411. The molecule has 2 aromatic heterocycles. The van der Waals surface area contributed by atoms with E-state index < -0.39 is 5.82 Å². The molecule has 2 atom stereocenters. The third kappa shape index (κ3) is 4.79. The van der Waals surface area contributed by atoms with Crippen molar-refractivity contribution in [3.05, 3.63) is 34.7 Å². The Bertz CT molecular complexity index is 1320. The number of nitrogens with two attached hydrogens (primary N) is 1. The fourth-order valence-corrected chi connectivity index (χ4v) is 5.41. The van der Waals surface area contributed by atoms with E-state index in [2.05, 4.69) is 20.6 Å². The number of aliphatic hydroxyl groups is 1. The SMILES string of the molecule is N#Cc1cc(F)c(Nc2nc3cnc(N[C@@H]4CC[C@@H](O)C4)nc3n2C2CCC(C(N)=O)CC2)c(Cl)c1. The molecule has 0 bridgehead atoms. The summed E-state index contributed by atoms with van der Waals surface area (Å²) in [5.41, 5.74) is 6.70. The molecule has 188 valence electrons. The highest BCUT2D eigenvalue weighted by Crippen LogP contribution is 2.38. The lowest BCUT2D eigenvalue weighted by atomic mass is 9.85. The number of primary amides is 1. The lowest BCUT2D eigenvalue weighted by Crippen LogP contribution is -2.29. The number of anilines is 3. The quantitative estimate of drug-likeness (QED) is 0.389.